The zero-order valence-corrected chi connectivity index (χ0v) is 7.72. The van der Waals surface area contributed by atoms with Gasteiger partial charge in [-0.15, -0.1) is 0 Å². The lowest BCUT2D eigenvalue weighted by Crippen LogP contribution is -2.21. The Morgan fingerprint density at radius 1 is 1.55 bits per heavy atom. The van der Waals surface area contributed by atoms with Crippen LogP contribution in [0.25, 0.3) is 0 Å². The van der Waals surface area contributed by atoms with E-state index in [0.29, 0.717) is 0 Å². The Labute approximate surface area is 68.9 Å². The first-order chi connectivity index (χ1) is 5.14. The highest BCUT2D eigenvalue weighted by molar-refractivity contribution is 4.76. The molecule has 11 heavy (non-hydrogen) atoms. The summed E-state index contributed by atoms with van der Waals surface area (Å²) in [7, 11) is 0. The van der Waals surface area contributed by atoms with Crippen molar-refractivity contribution >= 4 is 0 Å². The maximum absolute atomic E-state index is 5.63. The van der Waals surface area contributed by atoms with Crippen LogP contribution in [0.2, 0.25) is 0 Å². The van der Waals surface area contributed by atoms with Crippen LogP contribution >= 0.6 is 0 Å². The molecule has 2 nitrogen and oxygen atoms in total. The summed E-state index contributed by atoms with van der Waals surface area (Å²) in [6.07, 6.45) is 3.29. The number of hydrogen-bond acceptors (Lipinski definition) is 2. The average Bonchev–Trinajstić information content (AvgIpc) is 2.26. The quantitative estimate of drug-likeness (QED) is 0.627. The molecule has 0 saturated carbocycles. The molecular weight excluding hydrogens is 140 g/mol. The Bertz CT molecular complexity index is 121. The molecule has 0 radical (unpaired) electrons. The van der Waals surface area contributed by atoms with Crippen LogP contribution < -0.4 is 0 Å². The van der Waals surface area contributed by atoms with Crippen LogP contribution in [0, 0.1) is 0 Å². The smallest absolute Gasteiger partial charge is 0.158 e. The first kappa shape index (κ1) is 9.01. The molecule has 2 heteroatoms. The van der Waals surface area contributed by atoms with E-state index in [4.69, 9.17) is 9.47 Å². The van der Waals surface area contributed by atoms with Gasteiger partial charge in [0, 0.05) is 13.0 Å². The van der Waals surface area contributed by atoms with Crippen LogP contribution in [-0.2, 0) is 9.47 Å². The zero-order valence-electron chi connectivity index (χ0n) is 7.72. The zero-order chi connectivity index (χ0) is 8.32. The van der Waals surface area contributed by atoms with Gasteiger partial charge in [-0.2, -0.15) is 0 Å². The predicted octanol–water partition coefficient (Wildman–Crippen LogP) is 2.33. The molecule has 1 aliphatic rings. The molecule has 1 saturated heterocycles. The van der Waals surface area contributed by atoms with Crippen LogP contribution in [0.5, 0.6) is 0 Å². The van der Waals surface area contributed by atoms with Crippen molar-refractivity contribution < 1.29 is 9.47 Å². The third kappa shape index (κ3) is 2.80. The van der Waals surface area contributed by atoms with E-state index in [-0.39, 0.29) is 11.9 Å². The first-order valence-corrected chi connectivity index (χ1v) is 4.43. The van der Waals surface area contributed by atoms with Crippen molar-refractivity contribution in [2.75, 3.05) is 6.61 Å². The SMILES string of the molecule is CCCOC1CCC(C)(C)O1. The molecule has 0 amide bonds. The van der Waals surface area contributed by atoms with Crippen LogP contribution in [0.4, 0.5) is 0 Å². The van der Waals surface area contributed by atoms with Gasteiger partial charge in [0.1, 0.15) is 0 Å². The van der Waals surface area contributed by atoms with E-state index in [9.17, 15) is 0 Å². The molecular formula is C9H18O2. The van der Waals surface area contributed by atoms with E-state index in [1.54, 1.807) is 0 Å². The summed E-state index contributed by atoms with van der Waals surface area (Å²) in [4.78, 5) is 0. The molecule has 0 bridgehead atoms. The van der Waals surface area contributed by atoms with E-state index >= 15 is 0 Å². The number of rotatable bonds is 3. The molecule has 1 unspecified atom stereocenters. The summed E-state index contributed by atoms with van der Waals surface area (Å²) < 4.78 is 11.1. The minimum Gasteiger partial charge on any atom is -0.353 e. The van der Waals surface area contributed by atoms with Gasteiger partial charge in [-0.25, -0.2) is 0 Å². The summed E-state index contributed by atoms with van der Waals surface area (Å²) in [6, 6.07) is 0. The summed E-state index contributed by atoms with van der Waals surface area (Å²) >= 11 is 0. The van der Waals surface area contributed by atoms with E-state index in [1.807, 2.05) is 0 Å². The summed E-state index contributed by atoms with van der Waals surface area (Å²) in [5, 5.41) is 0. The second-order valence-electron chi connectivity index (χ2n) is 3.72. The predicted molar refractivity (Wildman–Crippen MR) is 44.4 cm³/mol. The van der Waals surface area contributed by atoms with Crippen molar-refractivity contribution in [1.82, 2.24) is 0 Å². The van der Waals surface area contributed by atoms with Gasteiger partial charge in [-0.05, 0) is 26.7 Å². The van der Waals surface area contributed by atoms with Gasteiger partial charge < -0.3 is 9.47 Å². The Morgan fingerprint density at radius 3 is 2.73 bits per heavy atom. The van der Waals surface area contributed by atoms with E-state index < -0.39 is 0 Å². The molecule has 0 N–H and O–H groups in total. The first-order valence-electron chi connectivity index (χ1n) is 4.43. The molecule has 1 heterocycles. The van der Waals surface area contributed by atoms with Gasteiger partial charge in [0.25, 0.3) is 0 Å². The van der Waals surface area contributed by atoms with Crippen molar-refractivity contribution in [1.29, 1.82) is 0 Å². The molecule has 0 aromatic carbocycles. The fourth-order valence-electron chi connectivity index (χ4n) is 1.31. The normalized spacial score (nSPS) is 29.2. The van der Waals surface area contributed by atoms with Gasteiger partial charge >= 0.3 is 0 Å². The van der Waals surface area contributed by atoms with Crippen molar-refractivity contribution in [3.63, 3.8) is 0 Å². The van der Waals surface area contributed by atoms with Gasteiger partial charge in [0.05, 0.1) is 5.60 Å². The lowest BCUT2D eigenvalue weighted by Gasteiger charge is -2.18. The van der Waals surface area contributed by atoms with E-state index in [1.165, 1.54) is 0 Å². The third-order valence-corrected chi connectivity index (χ3v) is 1.94. The molecule has 1 aliphatic heterocycles. The minimum atomic E-state index is 0.0401. The fourth-order valence-corrected chi connectivity index (χ4v) is 1.31. The van der Waals surface area contributed by atoms with Crippen LogP contribution in [0.1, 0.15) is 40.0 Å². The molecule has 0 aromatic rings. The van der Waals surface area contributed by atoms with Crippen LogP contribution in [-0.4, -0.2) is 18.5 Å². The van der Waals surface area contributed by atoms with Crippen molar-refractivity contribution in [3.8, 4) is 0 Å². The molecule has 66 valence electrons. The number of ether oxygens (including phenoxy) is 2. The fraction of sp³-hybridized carbons (Fsp3) is 1.00. The average molecular weight is 158 g/mol. The summed E-state index contributed by atoms with van der Waals surface area (Å²) in [5.41, 5.74) is 0.0401. The highest BCUT2D eigenvalue weighted by Gasteiger charge is 2.31. The Balaban J connectivity index is 2.20. The second-order valence-corrected chi connectivity index (χ2v) is 3.72. The largest absolute Gasteiger partial charge is 0.353 e. The third-order valence-electron chi connectivity index (χ3n) is 1.94. The van der Waals surface area contributed by atoms with Crippen LogP contribution in [0.15, 0.2) is 0 Å². The molecule has 1 rings (SSSR count). The summed E-state index contributed by atoms with van der Waals surface area (Å²) in [5.74, 6) is 0. The lowest BCUT2D eigenvalue weighted by molar-refractivity contribution is -0.157. The van der Waals surface area contributed by atoms with Gasteiger partial charge in [0.2, 0.25) is 0 Å². The maximum atomic E-state index is 5.63. The minimum absolute atomic E-state index is 0.0401. The van der Waals surface area contributed by atoms with Crippen molar-refractivity contribution in [3.05, 3.63) is 0 Å². The maximum Gasteiger partial charge on any atom is 0.158 e. The second kappa shape index (κ2) is 3.55. The van der Waals surface area contributed by atoms with Gasteiger partial charge in [-0.1, -0.05) is 6.92 Å². The van der Waals surface area contributed by atoms with Crippen LogP contribution in [0.3, 0.4) is 0 Å². The topological polar surface area (TPSA) is 18.5 Å². The molecule has 0 aromatic heterocycles. The molecule has 1 fully saturated rings. The molecule has 0 aliphatic carbocycles. The highest BCUT2D eigenvalue weighted by atomic mass is 16.7. The highest BCUT2D eigenvalue weighted by Crippen LogP contribution is 2.29. The van der Waals surface area contributed by atoms with Crippen molar-refractivity contribution in [2.45, 2.75) is 51.9 Å². The Kier molecular flexibility index (Phi) is 2.90. The Morgan fingerprint density at radius 2 is 2.27 bits per heavy atom. The van der Waals surface area contributed by atoms with Crippen molar-refractivity contribution in [2.24, 2.45) is 0 Å². The number of hydrogen-bond donors (Lipinski definition) is 0. The van der Waals surface area contributed by atoms with E-state index in [2.05, 4.69) is 20.8 Å². The molecule has 1 atom stereocenters. The van der Waals surface area contributed by atoms with Gasteiger partial charge in [0.15, 0.2) is 6.29 Å². The van der Waals surface area contributed by atoms with Gasteiger partial charge in [-0.3, -0.25) is 0 Å². The Hall–Kier alpha value is -0.0800. The standard InChI is InChI=1S/C9H18O2/c1-4-7-10-8-5-6-9(2,3)11-8/h8H,4-7H2,1-3H3. The van der Waals surface area contributed by atoms with E-state index in [0.717, 1.165) is 25.9 Å². The lowest BCUT2D eigenvalue weighted by atomic mass is 10.1. The summed E-state index contributed by atoms with van der Waals surface area (Å²) in [6.45, 7) is 7.16. The molecule has 0 spiro atoms. The monoisotopic (exact) mass is 158 g/mol.